The van der Waals surface area contributed by atoms with Crippen molar-refractivity contribution in [2.45, 2.75) is 26.7 Å². The number of nitrogens with one attached hydrogen (secondary N) is 1. The molecular formula is C13H17NO2. The molecule has 1 amide bonds. The van der Waals surface area contributed by atoms with Gasteiger partial charge in [-0.3, -0.25) is 4.79 Å². The van der Waals surface area contributed by atoms with E-state index in [9.17, 15) is 4.79 Å². The fraction of sp³-hybridized carbons (Fsp3) is 0.462. The van der Waals surface area contributed by atoms with Gasteiger partial charge in [0.15, 0.2) is 0 Å². The lowest BCUT2D eigenvalue weighted by Gasteiger charge is -2.12. The second-order valence-corrected chi connectivity index (χ2v) is 4.40. The summed E-state index contributed by atoms with van der Waals surface area (Å²) in [6.45, 7) is 4.06. The van der Waals surface area contributed by atoms with E-state index in [1.165, 1.54) is 5.56 Å². The Morgan fingerprint density at radius 3 is 2.50 bits per heavy atom. The summed E-state index contributed by atoms with van der Waals surface area (Å²) >= 11 is 0. The molecule has 0 aromatic heterocycles. The topological polar surface area (TPSA) is 38.3 Å². The number of carbonyl (C=O) groups excluding carboxylic acids is 1. The summed E-state index contributed by atoms with van der Waals surface area (Å²) in [4.78, 5) is 11.7. The maximum atomic E-state index is 11.7. The molecule has 86 valence electrons. The van der Waals surface area contributed by atoms with Crippen molar-refractivity contribution in [3.05, 3.63) is 23.3 Å². The Bertz CT molecular complexity index is 422. The molecule has 0 spiro atoms. The average Bonchev–Trinajstić information content (AvgIpc) is 3.06. The highest BCUT2D eigenvalue weighted by Crippen LogP contribution is 2.33. The molecule has 0 heterocycles. The second kappa shape index (κ2) is 4.16. The number of rotatable bonds is 3. The van der Waals surface area contributed by atoms with E-state index in [-0.39, 0.29) is 11.8 Å². The SMILES string of the molecule is COc1cc(C)c(C)cc1NC(=O)C1CC1. The van der Waals surface area contributed by atoms with Crippen LogP contribution in [-0.2, 0) is 4.79 Å². The summed E-state index contributed by atoms with van der Waals surface area (Å²) in [5.41, 5.74) is 3.11. The number of anilines is 1. The number of carbonyl (C=O) groups is 1. The lowest BCUT2D eigenvalue weighted by Crippen LogP contribution is -2.14. The number of benzene rings is 1. The molecule has 1 N–H and O–H groups in total. The summed E-state index contributed by atoms with van der Waals surface area (Å²) < 4.78 is 5.27. The van der Waals surface area contributed by atoms with Crippen LogP contribution in [0.2, 0.25) is 0 Å². The minimum Gasteiger partial charge on any atom is -0.495 e. The highest BCUT2D eigenvalue weighted by molar-refractivity contribution is 5.95. The molecule has 1 aliphatic carbocycles. The third-order valence-corrected chi connectivity index (χ3v) is 3.02. The minimum atomic E-state index is 0.113. The van der Waals surface area contributed by atoms with Gasteiger partial charge in [0.2, 0.25) is 5.91 Å². The molecule has 0 bridgehead atoms. The molecule has 0 atom stereocenters. The van der Waals surface area contributed by atoms with E-state index in [0.717, 1.165) is 29.8 Å². The first-order chi connectivity index (χ1) is 7.61. The monoisotopic (exact) mass is 219 g/mol. The molecule has 0 aliphatic heterocycles. The maximum absolute atomic E-state index is 11.7. The van der Waals surface area contributed by atoms with Crippen molar-refractivity contribution in [1.29, 1.82) is 0 Å². The van der Waals surface area contributed by atoms with Crippen LogP contribution in [0.5, 0.6) is 5.75 Å². The van der Waals surface area contributed by atoms with Crippen LogP contribution < -0.4 is 10.1 Å². The normalized spacial score (nSPS) is 14.7. The average molecular weight is 219 g/mol. The van der Waals surface area contributed by atoms with E-state index < -0.39 is 0 Å². The Morgan fingerprint density at radius 1 is 1.31 bits per heavy atom. The van der Waals surface area contributed by atoms with Gasteiger partial charge in [0.05, 0.1) is 12.8 Å². The van der Waals surface area contributed by atoms with Gasteiger partial charge >= 0.3 is 0 Å². The number of ether oxygens (including phenoxy) is 1. The van der Waals surface area contributed by atoms with Crippen LogP contribution in [0.25, 0.3) is 0 Å². The van der Waals surface area contributed by atoms with Gasteiger partial charge in [0.1, 0.15) is 5.75 Å². The zero-order valence-electron chi connectivity index (χ0n) is 9.96. The quantitative estimate of drug-likeness (QED) is 0.848. The predicted octanol–water partition coefficient (Wildman–Crippen LogP) is 2.66. The number of amides is 1. The van der Waals surface area contributed by atoms with Crippen LogP contribution in [0.1, 0.15) is 24.0 Å². The molecule has 3 nitrogen and oxygen atoms in total. The summed E-state index contributed by atoms with van der Waals surface area (Å²) in [6.07, 6.45) is 2.03. The van der Waals surface area contributed by atoms with E-state index in [2.05, 4.69) is 5.32 Å². The molecule has 0 saturated heterocycles. The van der Waals surface area contributed by atoms with Gasteiger partial charge in [-0.05, 0) is 49.9 Å². The van der Waals surface area contributed by atoms with Crippen molar-refractivity contribution < 1.29 is 9.53 Å². The van der Waals surface area contributed by atoms with Crippen LogP contribution in [0.3, 0.4) is 0 Å². The smallest absolute Gasteiger partial charge is 0.227 e. The predicted molar refractivity (Wildman–Crippen MR) is 63.8 cm³/mol. The Morgan fingerprint density at radius 2 is 1.94 bits per heavy atom. The van der Waals surface area contributed by atoms with Crippen LogP contribution in [0.15, 0.2) is 12.1 Å². The molecule has 1 saturated carbocycles. The summed E-state index contributed by atoms with van der Waals surface area (Å²) in [5.74, 6) is 1.06. The van der Waals surface area contributed by atoms with Crippen molar-refractivity contribution in [2.75, 3.05) is 12.4 Å². The van der Waals surface area contributed by atoms with Gasteiger partial charge in [-0.1, -0.05) is 0 Å². The van der Waals surface area contributed by atoms with Gasteiger partial charge in [0.25, 0.3) is 0 Å². The van der Waals surface area contributed by atoms with Gasteiger partial charge in [0, 0.05) is 5.92 Å². The number of hydrogen-bond donors (Lipinski definition) is 1. The van der Waals surface area contributed by atoms with Gasteiger partial charge in [-0.15, -0.1) is 0 Å². The van der Waals surface area contributed by atoms with Gasteiger partial charge in [-0.25, -0.2) is 0 Å². The molecule has 0 unspecified atom stereocenters. The summed E-state index contributed by atoms with van der Waals surface area (Å²) in [6, 6.07) is 3.92. The third-order valence-electron chi connectivity index (χ3n) is 3.02. The molecular weight excluding hydrogens is 202 g/mol. The Balaban J connectivity index is 2.23. The maximum Gasteiger partial charge on any atom is 0.227 e. The fourth-order valence-corrected chi connectivity index (χ4v) is 1.64. The van der Waals surface area contributed by atoms with Crippen molar-refractivity contribution in [1.82, 2.24) is 0 Å². The van der Waals surface area contributed by atoms with Crippen LogP contribution in [0, 0.1) is 19.8 Å². The highest BCUT2D eigenvalue weighted by Gasteiger charge is 2.30. The third kappa shape index (κ3) is 2.18. The molecule has 1 fully saturated rings. The second-order valence-electron chi connectivity index (χ2n) is 4.40. The van der Waals surface area contributed by atoms with Crippen molar-refractivity contribution in [2.24, 2.45) is 5.92 Å². The van der Waals surface area contributed by atoms with E-state index in [1.54, 1.807) is 7.11 Å². The van der Waals surface area contributed by atoms with Gasteiger partial charge < -0.3 is 10.1 Å². The molecule has 16 heavy (non-hydrogen) atoms. The molecule has 3 heteroatoms. The lowest BCUT2D eigenvalue weighted by atomic mass is 10.1. The van der Waals surface area contributed by atoms with Crippen molar-refractivity contribution >= 4 is 11.6 Å². The standard InChI is InChI=1S/C13H17NO2/c1-8-6-11(12(16-3)7-9(8)2)14-13(15)10-4-5-10/h6-7,10H,4-5H2,1-3H3,(H,14,15). The van der Waals surface area contributed by atoms with Gasteiger partial charge in [-0.2, -0.15) is 0 Å². The van der Waals surface area contributed by atoms with E-state index in [4.69, 9.17) is 4.74 Å². The largest absolute Gasteiger partial charge is 0.495 e. The van der Waals surface area contributed by atoms with Crippen LogP contribution in [-0.4, -0.2) is 13.0 Å². The Labute approximate surface area is 95.8 Å². The van der Waals surface area contributed by atoms with Crippen molar-refractivity contribution in [3.8, 4) is 5.75 Å². The Hall–Kier alpha value is -1.51. The molecule has 1 aliphatic rings. The zero-order valence-corrected chi connectivity index (χ0v) is 9.96. The first-order valence-electron chi connectivity index (χ1n) is 5.58. The van der Waals surface area contributed by atoms with E-state index in [1.807, 2.05) is 26.0 Å². The highest BCUT2D eigenvalue weighted by atomic mass is 16.5. The summed E-state index contributed by atoms with van der Waals surface area (Å²) in [7, 11) is 1.62. The van der Waals surface area contributed by atoms with Crippen LogP contribution >= 0.6 is 0 Å². The fourth-order valence-electron chi connectivity index (χ4n) is 1.64. The first-order valence-corrected chi connectivity index (χ1v) is 5.58. The molecule has 2 rings (SSSR count). The minimum absolute atomic E-state index is 0.113. The first kappa shape index (κ1) is 11.0. The number of hydrogen-bond acceptors (Lipinski definition) is 2. The van der Waals surface area contributed by atoms with E-state index in [0.29, 0.717) is 0 Å². The van der Waals surface area contributed by atoms with Crippen LogP contribution in [0.4, 0.5) is 5.69 Å². The van der Waals surface area contributed by atoms with Crippen molar-refractivity contribution in [3.63, 3.8) is 0 Å². The lowest BCUT2D eigenvalue weighted by molar-refractivity contribution is -0.117. The summed E-state index contributed by atoms with van der Waals surface area (Å²) in [5, 5.41) is 2.93. The Kier molecular flexibility index (Phi) is 2.86. The molecule has 1 aromatic carbocycles. The van der Waals surface area contributed by atoms with E-state index >= 15 is 0 Å². The molecule has 0 radical (unpaired) electrons. The number of methoxy groups -OCH3 is 1. The zero-order chi connectivity index (χ0) is 11.7. The molecule has 1 aromatic rings. The number of aryl methyl sites for hydroxylation is 2.